The Balaban J connectivity index is 1.62. The first-order valence-electron chi connectivity index (χ1n) is 7.36. The minimum absolute atomic E-state index is 0.600. The molecule has 2 heterocycles. The summed E-state index contributed by atoms with van der Waals surface area (Å²) in [6.45, 7) is 2.99. The van der Waals surface area contributed by atoms with E-state index in [9.17, 15) is 5.11 Å². The molecule has 0 aliphatic carbocycles. The number of aromatic nitrogens is 2. The van der Waals surface area contributed by atoms with Crippen LogP contribution in [0.15, 0.2) is 36.4 Å². The number of hydrogen-bond acceptors (Lipinski definition) is 4. The van der Waals surface area contributed by atoms with Crippen LogP contribution < -0.4 is 5.32 Å². The van der Waals surface area contributed by atoms with E-state index in [2.05, 4.69) is 38.6 Å². The lowest BCUT2D eigenvalue weighted by Gasteiger charge is -2.27. The Labute approximate surface area is 125 Å². The monoisotopic (exact) mass is 286 g/mol. The molecule has 21 heavy (non-hydrogen) atoms. The molecular formula is C16H22N4O. The highest BCUT2D eigenvalue weighted by Crippen LogP contribution is 2.19. The zero-order chi connectivity index (χ0) is 14.7. The van der Waals surface area contributed by atoms with E-state index in [0.717, 1.165) is 36.5 Å². The van der Waals surface area contributed by atoms with Crippen LogP contribution in [-0.2, 0) is 6.54 Å². The van der Waals surface area contributed by atoms with Gasteiger partial charge in [0.05, 0.1) is 11.3 Å². The standard InChI is InChI=1S/C16H22N4O/c1-20(12-16(21)7-8-17-11-16)10-14-9-15(19-18-14)13-5-3-2-4-6-13/h2-6,9,17,21H,7-8,10-12H2,1H3,(H,18,19)/t16-/m0/s1. The van der Waals surface area contributed by atoms with Gasteiger partial charge in [-0.1, -0.05) is 30.3 Å². The first-order valence-corrected chi connectivity index (χ1v) is 7.36. The van der Waals surface area contributed by atoms with Crippen LogP contribution in [0.4, 0.5) is 0 Å². The topological polar surface area (TPSA) is 64.2 Å². The second-order valence-electron chi connectivity index (χ2n) is 5.97. The summed E-state index contributed by atoms with van der Waals surface area (Å²) in [5.74, 6) is 0. The van der Waals surface area contributed by atoms with Crippen LogP contribution in [0.25, 0.3) is 11.3 Å². The summed E-state index contributed by atoms with van der Waals surface area (Å²) in [6.07, 6.45) is 0.815. The number of nitrogens with zero attached hydrogens (tertiary/aromatic N) is 2. The molecule has 2 aromatic rings. The molecule has 0 amide bonds. The Kier molecular flexibility index (Phi) is 4.05. The van der Waals surface area contributed by atoms with Crippen molar-refractivity contribution in [2.75, 3.05) is 26.7 Å². The normalized spacial score (nSPS) is 22.0. The van der Waals surface area contributed by atoms with Crippen molar-refractivity contribution in [2.24, 2.45) is 0 Å². The van der Waals surface area contributed by atoms with Gasteiger partial charge >= 0.3 is 0 Å². The predicted octanol–water partition coefficient (Wildman–Crippen LogP) is 1.23. The number of rotatable bonds is 5. The molecular weight excluding hydrogens is 264 g/mol. The molecule has 1 atom stereocenters. The van der Waals surface area contributed by atoms with Crippen LogP contribution in [0.1, 0.15) is 12.1 Å². The smallest absolute Gasteiger partial charge is 0.0924 e. The van der Waals surface area contributed by atoms with E-state index < -0.39 is 5.60 Å². The molecule has 0 radical (unpaired) electrons. The van der Waals surface area contributed by atoms with E-state index in [-0.39, 0.29) is 0 Å². The molecule has 0 spiro atoms. The molecule has 1 saturated heterocycles. The molecule has 112 valence electrons. The number of aliphatic hydroxyl groups is 1. The Morgan fingerprint density at radius 3 is 2.86 bits per heavy atom. The number of aromatic amines is 1. The molecule has 1 aromatic heterocycles. The quantitative estimate of drug-likeness (QED) is 0.773. The van der Waals surface area contributed by atoms with Gasteiger partial charge in [0.15, 0.2) is 0 Å². The summed E-state index contributed by atoms with van der Waals surface area (Å²) in [4.78, 5) is 2.13. The Morgan fingerprint density at radius 2 is 2.14 bits per heavy atom. The maximum Gasteiger partial charge on any atom is 0.0924 e. The van der Waals surface area contributed by atoms with Crippen molar-refractivity contribution in [1.82, 2.24) is 20.4 Å². The van der Waals surface area contributed by atoms with E-state index in [1.807, 2.05) is 25.2 Å². The summed E-state index contributed by atoms with van der Waals surface area (Å²) in [7, 11) is 2.03. The minimum Gasteiger partial charge on any atom is -0.387 e. The second-order valence-corrected chi connectivity index (χ2v) is 5.97. The molecule has 0 bridgehead atoms. The molecule has 5 nitrogen and oxygen atoms in total. The lowest BCUT2D eigenvalue weighted by Crippen LogP contribution is -2.42. The maximum atomic E-state index is 10.4. The number of benzene rings is 1. The van der Waals surface area contributed by atoms with Crippen molar-refractivity contribution < 1.29 is 5.11 Å². The van der Waals surface area contributed by atoms with Crippen LogP contribution in [0, 0.1) is 0 Å². The molecule has 1 aliphatic rings. The molecule has 0 unspecified atom stereocenters. The number of likely N-dealkylation sites (N-methyl/N-ethyl adjacent to an activating group) is 1. The Morgan fingerprint density at radius 1 is 1.33 bits per heavy atom. The van der Waals surface area contributed by atoms with Gasteiger partial charge in [0.25, 0.3) is 0 Å². The van der Waals surface area contributed by atoms with Crippen LogP contribution in [-0.4, -0.2) is 52.5 Å². The van der Waals surface area contributed by atoms with Crippen LogP contribution in [0.2, 0.25) is 0 Å². The molecule has 1 aromatic carbocycles. The average Bonchev–Trinajstić information content (AvgIpc) is 3.09. The van der Waals surface area contributed by atoms with Crippen LogP contribution in [0.5, 0.6) is 0 Å². The highest BCUT2D eigenvalue weighted by atomic mass is 16.3. The summed E-state index contributed by atoms with van der Waals surface area (Å²) in [5.41, 5.74) is 2.53. The van der Waals surface area contributed by atoms with Gasteiger partial charge in [-0.25, -0.2) is 0 Å². The van der Waals surface area contributed by atoms with Crippen LogP contribution in [0.3, 0.4) is 0 Å². The second kappa shape index (κ2) is 5.97. The summed E-state index contributed by atoms with van der Waals surface area (Å²) in [5, 5.41) is 21.0. The summed E-state index contributed by atoms with van der Waals surface area (Å²) in [6, 6.07) is 12.2. The van der Waals surface area contributed by atoms with E-state index >= 15 is 0 Å². The molecule has 0 saturated carbocycles. The molecule has 3 rings (SSSR count). The third-order valence-electron chi connectivity index (χ3n) is 3.93. The first-order chi connectivity index (χ1) is 10.1. The van der Waals surface area contributed by atoms with Crippen molar-refractivity contribution in [1.29, 1.82) is 0 Å². The van der Waals surface area contributed by atoms with Crippen molar-refractivity contribution in [3.05, 3.63) is 42.1 Å². The Hall–Kier alpha value is -1.69. The largest absolute Gasteiger partial charge is 0.387 e. The lowest BCUT2D eigenvalue weighted by atomic mass is 10.0. The fourth-order valence-corrected chi connectivity index (χ4v) is 2.91. The predicted molar refractivity (Wildman–Crippen MR) is 82.8 cm³/mol. The van der Waals surface area contributed by atoms with Crippen molar-refractivity contribution in [3.63, 3.8) is 0 Å². The third-order valence-corrected chi connectivity index (χ3v) is 3.93. The van der Waals surface area contributed by atoms with Gasteiger partial charge in [0.1, 0.15) is 0 Å². The lowest BCUT2D eigenvalue weighted by molar-refractivity contribution is 0.0261. The van der Waals surface area contributed by atoms with E-state index in [1.165, 1.54) is 0 Å². The highest BCUT2D eigenvalue weighted by Gasteiger charge is 2.32. The van der Waals surface area contributed by atoms with Gasteiger partial charge in [-0.15, -0.1) is 0 Å². The molecule has 5 heteroatoms. The van der Waals surface area contributed by atoms with Gasteiger partial charge in [-0.2, -0.15) is 5.10 Å². The summed E-state index contributed by atoms with van der Waals surface area (Å²) >= 11 is 0. The van der Waals surface area contributed by atoms with Gasteiger partial charge in [-0.3, -0.25) is 10.00 Å². The zero-order valence-corrected chi connectivity index (χ0v) is 12.3. The van der Waals surface area contributed by atoms with E-state index in [1.54, 1.807) is 0 Å². The molecule has 3 N–H and O–H groups in total. The molecule has 1 aliphatic heterocycles. The van der Waals surface area contributed by atoms with Gasteiger partial charge < -0.3 is 10.4 Å². The average molecular weight is 286 g/mol. The SMILES string of the molecule is CN(Cc1cc(-c2ccccc2)n[nH]1)C[C@]1(O)CCNC1. The maximum absolute atomic E-state index is 10.4. The van der Waals surface area contributed by atoms with Crippen molar-refractivity contribution in [3.8, 4) is 11.3 Å². The molecule has 1 fully saturated rings. The fraction of sp³-hybridized carbons (Fsp3) is 0.438. The first kappa shape index (κ1) is 14.3. The van der Waals surface area contributed by atoms with Crippen molar-refractivity contribution >= 4 is 0 Å². The van der Waals surface area contributed by atoms with Gasteiger partial charge in [0, 0.05) is 30.9 Å². The van der Waals surface area contributed by atoms with Gasteiger partial charge in [-0.05, 0) is 26.1 Å². The Bertz CT molecular complexity index is 575. The number of hydrogen-bond donors (Lipinski definition) is 3. The number of nitrogens with one attached hydrogen (secondary N) is 2. The van der Waals surface area contributed by atoms with Crippen LogP contribution >= 0.6 is 0 Å². The van der Waals surface area contributed by atoms with Crippen molar-refractivity contribution in [2.45, 2.75) is 18.6 Å². The number of H-pyrrole nitrogens is 1. The zero-order valence-electron chi connectivity index (χ0n) is 12.3. The summed E-state index contributed by atoms with van der Waals surface area (Å²) < 4.78 is 0. The third kappa shape index (κ3) is 3.50. The van der Waals surface area contributed by atoms with E-state index in [0.29, 0.717) is 13.1 Å². The number of β-amino-alcohol motifs (C(OH)–C–C–N with tert-alkyl or cyclic N) is 1. The van der Waals surface area contributed by atoms with Gasteiger partial charge in [0.2, 0.25) is 0 Å². The van der Waals surface area contributed by atoms with E-state index in [4.69, 9.17) is 0 Å². The highest BCUT2D eigenvalue weighted by molar-refractivity contribution is 5.58. The fourth-order valence-electron chi connectivity index (χ4n) is 2.91. The minimum atomic E-state index is -0.600.